The molecule has 1 fully saturated rings. The van der Waals surface area contributed by atoms with Gasteiger partial charge in [-0.3, -0.25) is 9.88 Å². The number of nitrogens with zero attached hydrogens (tertiary/aromatic N) is 3. The van der Waals surface area contributed by atoms with Crippen molar-refractivity contribution >= 4 is 27.2 Å². The van der Waals surface area contributed by atoms with E-state index in [2.05, 4.69) is 22.2 Å². The molecule has 39 heavy (non-hydrogen) atoms. The van der Waals surface area contributed by atoms with Crippen LogP contribution in [0.1, 0.15) is 11.1 Å². The van der Waals surface area contributed by atoms with Crippen molar-refractivity contribution in [1.82, 2.24) is 15.2 Å². The molecule has 1 unspecified atom stereocenters. The second-order valence-electron chi connectivity index (χ2n) is 8.93. The molecule has 2 aromatic carbocycles. The van der Waals surface area contributed by atoms with Gasteiger partial charge in [0.25, 0.3) is 0 Å². The maximum absolute atomic E-state index is 13.4. The maximum Gasteiger partial charge on any atom is 0.416 e. The van der Waals surface area contributed by atoms with Crippen molar-refractivity contribution < 1.29 is 26.4 Å². The van der Waals surface area contributed by atoms with Crippen molar-refractivity contribution in [2.24, 2.45) is 0 Å². The minimum atomic E-state index is -4.40. The molecule has 1 aliphatic rings. The van der Waals surface area contributed by atoms with E-state index in [-0.39, 0.29) is 4.90 Å². The lowest BCUT2D eigenvalue weighted by molar-refractivity contribution is -0.137. The van der Waals surface area contributed by atoms with E-state index in [0.29, 0.717) is 44.1 Å². The van der Waals surface area contributed by atoms with Crippen molar-refractivity contribution in [2.75, 3.05) is 36.4 Å². The van der Waals surface area contributed by atoms with Gasteiger partial charge in [0, 0.05) is 56.5 Å². The number of amides is 2. The lowest BCUT2D eigenvalue weighted by atomic mass is 10.1. The van der Waals surface area contributed by atoms with Crippen LogP contribution in [-0.4, -0.2) is 55.9 Å². The number of piperazine rings is 1. The minimum Gasteiger partial charge on any atom is -0.369 e. The highest BCUT2D eigenvalue weighted by Crippen LogP contribution is 2.31. The summed E-state index contributed by atoms with van der Waals surface area (Å²) in [6, 6.07) is 14.0. The molecule has 12 heteroatoms. The Morgan fingerprint density at radius 2 is 1.69 bits per heavy atom. The van der Waals surface area contributed by atoms with Crippen LogP contribution in [0.15, 0.2) is 90.6 Å². The van der Waals surface area contributed by atoms with Crippen LogP contribution in [0, 0.1) is 0 Å². The minimum absolute atomic E-state index is 0.0823. The highest BCUT2D eigenvalue weighted by Gasteiger charge is 2.33. The van der Waals surface area contributed by atoms with E-state index >= 15 is 0 Å². The Morgan fingerprint density at radius 3 is 2.26 bits per heavy atom. The summed E-state index contributed by atoms with van der Waals surface area (Å²) in [6.45, 7) is 5.68. The molecule has 3 aromatic rings. The molecule has 1 aliphatic heterocycles. The van der Waals surface area contributed by atoms with Crippen molar-refractivity contribution in [3.05, 3.63) is 96.8 Å². The Balaban J connectivity index is 1.34. The second-order valence-corrected chi connectivity index (χ2v) is 11.0. The zero-order valence-corrected chi connectivity index (χ0v) is 21.8. The van der Waals surface area contributed by atoms with Gasteiger partial charge in [-0.1, -0.05) is 12.1 Å². The molecule has 0 saturated carbocycles. The maximum atomic E-state index is 13.4. The topological polar surface area (TPSA) is 94.6 Å². The van der Waals surface area contributed by atoms with Gasteiger partial charge >= 0.3 is 12.2 Å². The monoisotopic (exact) mass is 559 g/mol. The molecule has 1 atom stereocenters. The molecular weight excluding hydrogens is 531 g/mol. The Labute approximate surface area is 225 Å². The number of anilines is 2. The molecule has 2 amide bonds. The lowest BCUT2D eigenvalue weighted by Gasteiger charge is -2.39. The summed E-state index contributed by atoms with van der Waals surface area (Å²) in [5, 5.41) is 4.39. The Kier molecular flexibility index (Phi) is 8.56. The molecule has 8 nitrogen and oxygen atoms in total. The highest BCUT2D eigenvalue weighted by molar-refractivity contribution is 7.92. The summed E-state index contributed by atoms with van der Waals surface area (Å²) >= 11 is 0. The first kappa shape index (κ1) is 28.1. The molecule has 0 aliphatic carbocycles. The molecule has 0 spiro atoms. The van der Waals surface area contributed by atoms with E-state index in [9.17, 15) is 26.4 Å². The number of carbonyl (C=O) groups excluding carboxylic acids is 1. The quantitative estimate of drug-likeness (QED) is 0.394. The van der Waals surface area contributed by atoms with Gasteiger partial charge in [0.2, 0.25) is 0 Å². The molecule has 1 saturated heterocycles. The number of aromatic nitrogens is 1. The summed E-state index contributed by atoms with van der Waals surface area (Å²) < 4.78 is 65.4. The van der Waals surface area contributed by atoms with Crippen LogP contribution in [0.3, 0.4) is 0 Å². The number of rotatable bonds is 8. The fourth-order valence-corrected chi connectivity index (χ4v) is 5.95. The number of urea groups is 1. The highest BCUT2D eigenvalue weighted by atomic mass is 32.2. The number of benzene rings is 2. The normalized spacial score (nSPS) is 15.4. The number of alkyl halides is 3. The first-order chi connectivity index (χ1) is 18.6. The van der Waals surface area contributed by atoms with Gasteiger partial charge in [0.15, 0.2) is 9.84 Å². The van der Waals surface area contributed by atoms with E-state index in [1.165, 1.54) is 42.5 Å². The van der Waals surface area contributed by atoms with Gasteiger partial charge in [-0.05, 0) is 60.2 Å². The third-order valence-corrected chi connectivity index (χ3v) is 8.43. The average Bonchev–Trinajstić information content (AvgIpc) is 2.93. The first-order valence-corrected chi connectivity index (χ1v) is 13.7. The summed E-state index contributed by atoms with van der Waals surface area (Å²) in [7, 11) is -3.82. The van der Waals surface area contributed by atoms with E-state index < -0.39 is 33.0 Å². The number of halogens is 3. The van der Waals surface area contributed by atoms with Crippen LogP contribution < -0.4 is 15.5 Å². The zero-order chi connectivity index (χ0) is 28.0. The van der Waals surface area contributed by atoms with Crippen molar-refractivity contribution in [1.29, 1.82) is 0 Å². The van der Waals surface area contributed by atoms with E-state index in [4.69, 9.17) is 0 Å². The van der Waals surface area contributed by atoms with Crippen molar-refractivity contribution in [3.8, 4) is 0 Å². The number of nitrogens with one attached hydrogen (secondary N) is 2. The first-order valence-electron chi connectivity index (χ1n) is 12.1. The van der Waals surface area contributed by atoms with E-state index in [1.54, 1.807) is 23.4 Å². The summed E-state index contributed by atoms with van der Waals surface area (Å²) in [5.41, 5.74) is 1.20. The van der Waals surface area contributed by atoms with E-state index in [1.807, 2.05) is 11.0 Å². The zero-order valence-electron chi connectivity index (χ0n) is 20.9. The summed E-state index contributed by atoms with van der Waals surface area (Å²) in [6.07, 6.45) is 0.259. The van der Waals surface area contributed by atoms with Gasteiger partial charge < -0.3 is 15.5 Å². The molecular formula is C27H28F3N5O3S. The third-order valence-electron chi connectivity index (χ3n) is 6.37. The largest absolute Gasteiger partial charge is 0.416 e. The number of sulfone groups is 1. The van der Waals surface area contributed by atoms with Crippen LogP contribution in [0.4, 0.5) is 29.3 Å². The van der Waals surface area contributed by atoms with Gasteiger partial charge in [-0.25, -0.2) is 13.2 Å². The molecule has 1 aromatic heterocycles. The van der Waals surface area contributed by atoms with Crippen molar-refractivity contribution in [3.63, 3.8) is 0 Å². The number of hydrogen-bond acceptors (Lipinski definition) is 6. The number of pyridine rings is 1. The molecule has 2 heterocycles. The molecule has 2 N–H and O–H groups in total. The molecule has 206 valence electrons. The predicted octanol–water partition coefficient (Wildman–Crippen LogP) is 4.53. The second kappa shape index (κ2) is 11.9. The number of hydrogen-bond donors (Lipinski definition) is 2. The standard InChI is InChI=1S/C27H28F3N5O3S/c1-2-25(35-16-14-34(15-17-35)23-9-5-21(6-10-23)27(28,29)30)39(37,38)24-11-7-22(8-12-24)33-26(36)32-19-20-4-3-13-31-18-20/h2-13,18,25H,1,14-17,19H2,(H2,32,33,36). The molecule has 0 radical (unpaired) electrons. The van der Waals surface area contributed by atoms with Crippen LogP contribution >= 0.6 is 0 Å². The fourth-order valence-electron chi connectivity index (χ4n) is 4.30. The fraction of sp³-hybridized carbons (Fsp3) is 0.259. The van der Waals surface area contributed by atoms with Gasteiger partial charge in [0.05, 0.1) is 10.5 Å². The summed E-state index contributed by atoms with van der Waals surface area (Å²) in [5.74, 6) is 0. The van der Waals surface area contributed by atoms with Gasteiger partial charge in [-0.2, -0.15) is 13.2 Å². The van der Waals surface area contributed by atoms with Crippen molar-refractivity contribution in [2.45, 2.75) is 23.0 Å². The Bertz CT molecular complexity index is 1370. The van der Waals surface area contributed by atoms with E-state index in [0.717, 1.165) is 17.7 Å². The average molecular weight is 560 g/mol. The van der Waals surface area contributed by atoms with Gasteiger partial charge in [-0.15, -0.1) is 6.58 Å². The smallest absolute Gasteiger partial charge is 0.369 e. The Morgan fingerprint density at radius 1 is 1.03 bits per heavy atom. The van der Waals surface area contributed by atoms with Crippen LogP contribution in [0.2, 0.25) is 0 Å². The van der Waals surface area contributed by atoms with Crippen LogP contribution in [0.5, 0.6) is 0 Å². The SMILES string of the molecule is C=CC(N1CCN(c2ccc(C(F)(F)F)cc2)CC1)S(=O)(=O)c1ccc(NC(=O)NCc2cccnc2)cc1. The van der Waals surface area contributed by atoms with Crippen LogP contribution in [-0.2, 0) is 22.6 Å². The van der Waals surface area contributed by atoms with Crippen LogP contribution in [0.25, 0.3) is 0 Å². The molecule has 4 rings (SSSR count). The Hall–Kier alpha value is -3.90. The molecule has 0 bridgehead atoms. The lowest BCUT2D eigenvalue weighted by Crippen LogP contribution is -2.52. The predicted molar refractivity (Wildman–Crippen MR) is 143 cm³/mol. The third kappa shape index (κ3) is 6.95. The van der Waals surface area contributed by atoms with Gasteiger partial charge in [0.1, 0.15) is 5.37 Å². The number of carbonyl (C=O) groups is 1. The summed E-state index contributed by atoms with van der Waals surface area (Å²) in [4.78, 5) is 20.0.